The van der Waals surface area contributed by atoms with Crippen LogP contribution in [0.3, 0.4) is 0 Å². The predicted molar refractivity (Wildman–Crippen MR) is 56.5 cm³/mol. The minimum atomic E-state index is -0.551. The van der Waals surface area contributed by atoms with Gasteiger partial charge in [-0.3, -0.25) is 4.79 Å². The summed E-state index contributed by atoms with van der Waals surface area (Å²) in [5.74, 6) is -0.653. The van der Waals surface area contributed by atoms with E-state index in [0.717, 1.165) is 0 Å². The van der Waals surface area contributed by atoms with Gasteiger partial charge < -0.3 is 4.90 Å². The zero-order valence-electron chi connectivity index (χ0n) is 9.96. The molecule has 0 aliphatic carbocycles. The number of rotatable bonds is 2. The van der Waals surface area contributed by atoms with Crippen molar-refractivity contribution in [3.8, 4) is 6.07 Å². The zero-order valence-corrected chi connectivity index (χ0v) is 9.96. The molecular formula is C11H20N2O. The van der Waals surface area contributed by atoms with Crippen molar-refractivity contribution in [2.45, 2.75) is 40.7 Å². The summed E-state index contributed by atoms with van der Waals surface area (Å²) in [7, 11) is 1.76. The first-order valence-electron chi connectivity index (χ1n) is 4.88. The van der Waals surface area contributed by atoms with Crippen molar-refractivity contribution < 1.29 is 4.79 Å². The van der Waals surface area contributed by atoms with Crippen LogP contribution in [0.15, 0.2) is 0 Å². The summed E-state index contributed by atoms with van der Waals surface area (Å²) in [6.07, 6.45) is 0. The lowest BCUT2D eigenvalue weighted by molar-refractivity contribution is -0.135. The molecule has 0 aliphatic heterocycles. The molecule has 1 amide bonds. The molecule has 0 aromatic carbocycles. The molecule has 0 fully saturated rings. The molecule has 0 aromatic rings. The molecule has 14 heavy (non-hydrogen) atoms. The Morgan fingerprint density at radius 3 is 2.07 bits per heavy atom. The van der Waals surface area contributed by atoms with Crippen molar-refractivity contribution in [3.05, 3.63) is 0 Å². The Morgan fingerprint density at radius 1 is 1.36 bits per heavy atom. The van der Waals surface area contributed by atoms with Crippen LogP contribution in [0, 0.1) is 22.7 Å². The summed E-state index contributed by atoms with van der Waals surface area (Å²) in [5.41, 5.74) is 0.0413. The van der Waals surface area contributed by atoms with E-state index in [-0.39, 0.29) is 17.4 Å². The van der Waals surface area contributed by atoms with Crippen molar-refractivity contribution >= 4 is 5.91 Å². The topological polar surface area (TPSA) is 44.1 Å². The largest absolute Gasteiger partial charge is 0.341 e. The Labute approximate surface area is 86.7 Å². The van der Waals surface area contributed by atoms with Crippen molar-refractivity contribution in [3.63, 3.8) is 0 Å². The van der Waals surface area contributed by atoms with E-state index in [9.17, 15) is 4.79 Å². The second-order valence-corrected chi connectivity index (χ2v) is 4.84. The fourth-order valence-electron chi connectivity index (χ4n) is 1.13. The minimum absolute atomic E-state index is 0.0413. The van der Waals surface area contributed by atoms with Crippen LogP contribution in [0.1, 0.15) is 34.6 Å². The molecule has 0 saturated carbocycles. The summed E-state index contributed by atoms with van der Waals surface area (Å²) >= 11 is 0. The van der Waals surface area contributed by atoms with Gasteiger partial charge in [0, 0.05) is 13.1 Å². The molecule has 0 aromatic heterocycles. The summed E-state index contributed by atoms with van der Waals surface area (Å²) in [6.45, 7) is 9.88. The van der Waals surface area contributed by atoms with E-state index in [1.54, 1.807) is 18.9 Å². The molecule has 0 bridgehead atoms. The first kappa shape index (κ1) is 13.0. The summed E-state index contributed by atoms with van der Waals surface area (Å²) in [4.78, 5) is 13.3. The van der Waals surface area contributed by atoms with E-state index in [4.69, 9.17) is 5.26 Å². The molecule has 3 heteroatoms. The number of hydrogen-bond donors (Lipinski definition) is 0. The first-order chi connectivity index (χ1) is 6.21. The Hall–Kier alpha value is -1.04. The maximum Gasteiger partial charge on any atom is 0.239 e. The Balaban J connectivity index is 4.57. The van der Waals surface area contributed by atoms with Gasteiger partial charge in [0.15, 0.2) is 0 Å². The second kappa shape index (κ2) is 4.45. The van der Waals surface area contributed by atoms with E-state index < -0.39 is 5.92 Å². The molecular weight excluding hydrogens is 176 g/mol. The quantitative estimate of drug-likeness (QED) is 0.678. The maximum atomic E-state index is 11.7. The molecule has 2 atom stereocenters. The van der Waals surface area contributed by atoms with Gasteiger partial charge in [-0.25, -0.2) is 0 Å². The molecule has 3 nitrogen and oxygen atoms in total. The smallest absolute Gasteiger partial charge is 0.239 e. The Kier molecular flexibility index (Phi) is 4.12. The van der Waals surface area contributed by atoms with Gasteiger partial charge in [0.1, 0.15) is 5.92 Å². The monoisotopic (exact) mass is 196 g/mol. The van der Waals surface area contributed by atoms with Crippen molar-refractivity contribution in [2.24, 2.45) is 11.3 Å². The standard InChI is InChI=1S/C11H20N2O/c1-8(7-12)10(14)13(6)9(2)11(3,4)5/h8-9H,1-6H3. The highest BCUT2D eigenvalue weighted by Gasteiger charge is 2.29. The molecule has 0 heterocycles. The van der Waals surface area contributed by atoms with Gasteiger partial charge >= 0.3 is 0 Å². The third kappa shape index (κ3) is 3.02. The van der Waals surface area contributed by atoms with Crippen LogP contribution < -0.4 is 0 Å². The van der Waals surface area contributed by atoms with Crippen LogP contribution in [0.2, 0.25) is 0 Å². The van der Waals surface area contributed by atoms with E-state index in [0.29, 0.717) is 0 Å². The van der Waals surface area contributed by atoms with Crippen molar-refractivity contribution in [2.75, 3.05) is 7.05 Å². The third-order valence-corrected chi connectivity index (χ3v) is 2.75. The molecule has 0 spiro atoms. The summed E-state index contributed by atoms with van der Waals surface area (Å²) in [5, 5.41) is 8.64. The third-order valence-electron chi connectivity index (χ3n) is 2.75. The molecule has 0 saturated heterocycles. The van der Waals surface area contributed by atoms with Gasteiger partial charge in [-0.2, -0.15) is 5.26 Å². The second-order valence-electron chi connectivity index (χ2n) is 4.84. The van der Waals surface area contributed by atoms with Crippen LogP contribution in [-0.2, 0) is 4.79 Å². The number of nitriles is 1. The molecule has 0 N–H and O–H groups in total. The maximum absolute atomic E-state index is 11.7. The Bertz CT molecular complexity index is 247. The van der Waals surface area contributed by atoms with Crippen molar-refractivity contribution in [1.29, 1.82) is 5.26 Å². The molecule has 0 aliphatic rings. The zero-order chi connectivity index (χ0) is 11.5. The highest BCUT2D eigenvalue weighted by Crippen LogP contribution is 2.23. The lowest BCUT2D eigenvalue weighted by atomic mass is 9.87. The number of nitrogens with zero attached hydrogens (tertiary/aromatic N) is 2. The molecule has 0 radical (unpaired) electrons. The van der Waals surface area contributed by atoms with Crippen LogP contribution in [0.4, 0.5) is 0 Å². The van der Waals surface area contributed by atoms with E-state index >= 15 is 0 Å². The lowest BCUT2D eigenvalue weighted by Gasteiger charge is -2.35. The lowest BCUT2D eigenvalue weighted by Crippen LogP contribution is -2.44. The molecule has 0 rings (SSSR count). The number of carbonyl (C=O) groups excluding carboxylic acids is 1. The van der Waals surface area contributed by atoms with Crippen LogP contribution in [-0.4, -0.2) is 23.9 Å². The predicted octanol–water partition coefficient (Wildman–Crippen LogP) is 2.04. The van der Waals surface area contributed by atoms with E-state index in [1.807, 2.05) is 13.0 Å². The van der Waals surface area contributed by atoms with Gasteiger partial charge in [-0.15, -0.1) is 0 Å². The summed E-state index contributed by atoms with van der Waals surface area (Å²) in [6, 6.07) is 2.09. The average molecular weight is 196 g/mol. The first-order valence-corrected chi connectivity index (χ1v) is 4.88. The highest BCUT2D eigenvalue weighted by molar-refractivity contribution is 5.80. The number of amides is 1. The van der Waals surface area contributed by atoms with Gasteiger partial charge in [0.05, 0.1) is 6.07 Å². The fourth-order valence-corrected chi connectivity index (χ4v) is 1.13. The van der Waals surface area contributed by atoms with Gasteiger partial charge in [-0.1, -0.05) is 20.8 Å². The van der Waals surface area contributed by atoms with E-state index in [2.05, 4.69) is 20.8 Å². The van der Waals surface area contributed by atoms with Gasteiger partial charge in [0.25, 0.3) is 0 Å². The van der Waals surface area contributed by atoms with Gasteiger partial charge in [0.2, 0.25) is 5.91 Å². The highest BCUT2D eigenvalue weighted by atomic mass is 16.2. The SMILES string of the molecule is CC(C#N)C(=O)N(C)C(C)C(C)(C)C. The summed E-state index contributed by atoms with van der Waals surface area (Å²) < 4.78 is 0. The molecule has 80 valence electrons. The van der Waals surface area contributed by atoms with Crippen LogP contribution in [0.5, 0.6) is 0 Å². The van der Waals surface area contributed by atoms with Gasteiger partial charge in [-0.05, 0) is 19.3 Å². The Morgan fingerprint density at radius 2 is 1.79 bits per heavy atom. The number of hydrogen-bond acceptors (Lipinski definition) is 2. The van der Waals surface area contributed by atoms with Crippen LogP contribution >= 0.6 is 0 Å². The normalized spacial score (nSPS) is 15.5. The van der Waals surface area contributed by atoms with Crippen LogP contribution in [0.25, 0.3) is 0 Å². The van der Waals surface area contributed by atoms with Crippen molar-refractivity contribution in [1.82, 2.24) is 4.90 Å². The number of carbonyl (C=O) groups is 1. The molecule has 2 unspecified atom stereocenters. The fraction of sp³-hybridized carbons (Fsp3) is 0.818. The average Bonchev–Trinajstić information content (AvgIpc) is 2.11. The minimum Gasteiger partial charge on any atom is -0.341 e. The van der Waals surface area contributed by atoms with E-state index in [1.165, 1.54) is 0 Å².